The Labute approximate surface area is 100 Å². The molecule has 16 heavy (non-hydrogen) atoms. The van der Waals surface area contributed by atoms with Gasteiger partial charge in [0, 0.05) is 18.8 Å². The molecule has 0 amide bonds. The smallest absolute Gasteiger partial charge is 0.315 e. The maximum absolute atomic E-state index is 12.0. The van der Waals surface area contributed by atoms with Crippen LogP contribution in [0.4, 0.5) is 0 Å². The van der Waals surface area contributed by atoms with Gasteiger partial charge in [0.05, 0.1) is 12.7 Å². The predicted octanol–water partition coefficient (Wildman–Crippen LogP) is 0.349. The van der Waals surface area contributed by atoms with Crippen molar-refractivity contribution in [2.24, 2.45) is 5.41 Å². The molecular formula is C11H19NO3S. The van der Waals surface area contributed by atoms with Crippen molar-refractivity contribution in [3.05, 3.63) is 0 Å². The topological polar surface area (TPSA) is 49.8 Å². The second kappa shape index (κ2) is 4.20. The van der Waals surface area contributed by atoms with Gasteiger partial charge in [-0.2, -0.15) is 11.8 Å². The number of nitrogens with zero attached hydrogens (tertiary/aromatic N) is 1. The zero-order valence-electron chi connectivity index (χ0n) is 9.86. The van der Waals surface area contributed by atoms with Crippen LogP contribution in [-0.4, -0.2) is 60.3 Å². The molecule has 2 aliphatic heterocycles. The zero-order valence-corrected chi connectivity index (χ0v) is 10.7. The Hall–Kier alpha value is -0.260. The number of likely N-dealkylation sites (N-methyl/N-ethyl adjacent to an activating group) is 1. The van der Waals surface area contributed by atoms with E-state index in [0.717, 1.165) is 18.7 Å². The number of ether oxygens (including phenoxy) is 1. The second-order valence-electron chi connectivity index (χ2n) is 4.90. The van der Waals surface area contributed by atoms with Crippen molar-refractivity contribution < 1.29 is 14.6 Å². The van der Waals surface area contributed by atoms with Crippen LogP contribution in [0.1, 0.15) is 12.8 Å². The van der Waals surface area contributed by atoms with Gasteiger partial charge in [-0.3, -0.25) is 4.79 Å². The minimum atomic E-state index is -0.904. The van der Waals surface area contributed by atoms with E-state index in [2.05, 4.69) is 4.90 Å². The van der Waals surface area contributed by atoms with E-state index in [1.165, 1.54) is 7.11 Å². The molecule has 0 radical (unpaired) electrons. The van der Waals surface area contributed by atoms with Crippen LogP contribution in [0.3, 0.4) is 0 Å². The zero-order chi connectivity index (χ0) is 11.8. The predicted molar refractivity (Wildman–Crippen MR) is 63.5 cm³/mol. The quantitative estimate of drug-likeness (QED) is 0.711. The molecule has 2 heterocycles. The molecule has 0 bridgehead atoms. The van der Waals surface area contributed by atoms with Crippen LogP contribution >= 0.6 is 11.8 Å². The number of hydrogen-bond acceptors (Lipinski definition) is 5. The number of carbonyl (C=O) groups excluding carboxylic acids is 1. The summed E-state index contributed by atoms with van der Waals surface area (Å²) in [4.78, 5) is 14.1. The van der Waals surface area contributed by atoms with Gasteiger partial charge in [0.15, 0.2) is 0 Å². The number of esters is 1. The second-order valence-corrected chi connectivity index (χ2v) is 6.00. The molecule has 0 aromatic rings. The highest BCUT2D eigenvalue weighted by Crippen LogP contribution is 2.49. The number of methoxy groups -OCH3 is 1. The molecule has 2 atom stereocenters. The first-order valence-electron chi connectivity index (χ1n) is 5.61. The minimum Gasteiger partial charge on any atom is -0.468 e. The number of thioether (sulfide) groups is 1. The van der Waals surface area contributed by atoms with E-state index >= 15 is 0 Å². The third-order valence-corrected chi connectivity index (χ3v) is 5.12. The summed E-state index contributed by atoms with van der Waals surface area (Å²) in [6.45, 7) is 1.42. The van der Waals surface area contributed by atoms with Gasteiger partial charge in [-0.15, -0.1) is 0 Å². The van der Waals surface area contributed by atoms with Crippen molar-refractivity contribution in [3.8, 4) is 0 Å². The highest BCUT2D eigenvalue weighted by atomic mass is 32.2. The largest absolute Gasteiger partial charge is 0.468 e. The van der Waals surface area contributed by atoms with Crippen molar-refractivity contribution in [3.63, 3.8) is 0 Å². The van der Waals surface area contributed by atoms with Crippen molar-refractivity contribution in [1.82, 2.24) is 4.90 Å². The van der Waals surface area contributed by atoms with E-state index in [0.29, 0.717) is 18.7 Å². The molecule has 1 N–H and O–H groups in total. The number of carbonyl (C=O) groups is 1. The van der Waals surface area contributed by atoms with Crippen LogP contribution in [0, 0.1) is 5.41 Å². The summed E-state index contributed by atoms with van der Waals surface area (Å²) in [5.41, 5.74) is -1.59. The first-order chi connectivity index (χ1) is 7.54. The van der Waals surface area contributed by atoms with Crippen molar-refractivity contribution in [1.29, 1.82) is 0 Å². The van der Waals surface area contributed by atoms with Gasteiger partial charge in [-0.05, 0) is 25.6 Å². The van der Waals surface area contributed by atoms with Gasteiger partial charge in [0.25, 0.3) is 0 Å². The summed E-state index contributed by atoms with van der Waals surface area (Å²) in [5, 5.41) is 10.8. The van der Waals surface area contributed by atoms with Crippen molar-refractivity contribution >= 4 is 17.7 Å². The first kappa shape index (κ1) is 12.2. The van der Waals surface area contributed by atoms with E-state index in [1.807, 2.05) is 7.05 Å². The van der Waals surface area contributed by atoms with E-state index in [-0.39, 0.29) is 5.97 Å². The molecule has 2 fully saturated rings. The summed E-state index contributed by atoms with van der Waals surface area (Å²) in [6.07, 6.45) is 1.40. The van der Waals surface area contributed by atoms with Crippen LogP contribution in [0.25, 0.3) is 0 Å². The van der Waals surface area contributed by atoms with Gasteiger partial charge in [-0.25, -0.2) is 0 Å². The highest BCUT2D eigenvalue weighted by Gasteiger charge is 2.59. The van der Waals surface area contributed by atoms with E-state index in [9.17, 15) is 9.90 Å². The fourth-order valence-electron chi connectivity index (χ4n) is 2.85. The number of likely N-dealkylation sites (tertiary alicyclic amines) is 1. The average molecular weight is 245 g/mol. The highest BCUT2D eigenvalue weighted by molar-refractivity contribution is 7.99. The van der Waals surface area contributed by atoms with E-state index < -0.39 is 11.0 Å². The Balaban J connectivity index is 2.29. The Morgan fingerprint density at radius 2 is 2.25 bits per heavy atom. The van der Waals surface area contributed by atoms with E-state index in [1.54, 1.807) is 11.8 Å². The molecule has 0 aromatic carbocycles. The Kier molecular flexibility index (Phi) is 3.20. The average Bonchev–Trinajstić information content (AvgIpc) is 2.86. The lowest BCUT2D eigenvalue weighted by atomic mass is 9.70. The SMILES string of the molecule is COC(=O)C1(C2(O)CCN(C)C2)CCSC1. The third kappa shape index (κ3) is 1.65. The maximum Gasteiger partial charge on any atom is 0.315 e. The molecule has 2 unspecified atom stereocenters. The Bertz CT molecular complexity index is 291. The summed E-state index contributed by atoms with van der Waals surface area (Å²) in [5.74, 6) is 1.38. The standard InChI is InChI=1S/C11H19NO3S/c1-12-5-3-11(14,7-12)10(9(13)15-2)4-6-16-8-10/h14H,3-8H2,1-2H3. The van der Waals surface area contributed by atoms with Gasteiger partial charge >= 0.3 is 5.97 Å². The van der Waals surface area contributed by atoms with Gasteiger partial charge in [-0.1, -0.05) is 0 Å². The van der Waals surface area contributed by atoms with Crippen LogP contribution < -0.4 is 0 Å². The van der Waals surface area contributed by atoms with Crippen LogP contribution in [0.2, 0.25) is 0 Å². The lowest BCUT2D eigenvalue weighted by molar-refractivity contribution is -0.168. The summed E-state index contributed by atoms with van der Waals surface area (Å²) >= 11 is 1.73. The molecule has 2 rings (SSSR count). The van der Waals surface area contributed by atoms with Crippen molar-refractivity contribution in [2.45, 2.75) is 18.4 Å². The minimum absolute atomic E-state index is 0.240. The molecule has 2 aliphatic rings. The number of β-amino-alcohol motifs (C(OH)–C–C–N with tert-alkyl or cyclic N) is 1. The first-order valence-corrected chi connectivity index (χ1v) is 6.77. The third-order valence-electron chi connectivity index (χ3n) is 3.93. The molecule has 0 aromatic heterocycles. The molecule has 92 valence electrons. The van der Waals surface area contributed by atoms with Gasteiger partial charge in [0.1, 0.15) is 5.41 Å². The number of rotatable bonds is 2. The van der Waals surface area contributed by atoms with E-state index in [4.69, 9.17) is 4.74 Å². The summed E-state index contributed by atoms with van der Waals surface area (Å²) in [6, 6.07) is 0. The molecule has 4 nitrogen and oxygen atoms in total. The van der Waals surface area contributed by atoms with Crippen LogP contribution in [0.5, 0.6) is 0 Å². The molecule has 0 spiro atoms. The lowest BCUT2D eigenvalue weighted by Gasteiger charge is -2.39. The molecular weight excluding hydrogens is 226 g/mol. The monoisotopic (exact) mass is 245 g/mol. The van der Waals surface area contributed by atoms with Crippen LogP contribution in [-0.2, 0) is 9.53 Å². The van der Waals surface area contributed by atoms with Crippen molar-refractivity contribution in [2.75, 3.05) is 38.8 Å². The molecule has 2 saturated heterocycles. The number of hydrogen-bond donors (Lipinski definition) is 1. The molecule has 0 saturated carbocycles. The molecule has 5 heteroatoms. The fourth-order valence-corrected chi connectivity index (χ4v) is 4.37. The van der Waals surface area contributed by atoms with Crippen LogP contribution in [0.15, 0.2) is 0 Å². The Morgan fingerprint density at radius 1 is 1.50 bits per heavy atom. The summed E-state index contributed by atoms with van der Waals surface area (Å²) < 4.78 is 4.92. The summed E-state index contributed by atoms with van der Waals surface area (Å²) in [7, 11) is 3.39. The Morgan fingerprint density at radius 3 is 2.69 bits per heavy atom. The maximum atomic E-state index is 12.0. The fraction of sp³-hybridized carbons (Fsp3) is 0.909. The lowest BCUT2D eigenvalue weighted by Crippen LogP contribution is -2.55. The van der Waals surface area contributed by atoms with Gasteiger partial charge < -0.3 is 14.7 Å². The number of aliphatic hydroxyl groups is 1. The molecule has 0 aliphatic carbocycles. The normalized spacial score (nSPS) is 40.2. The van der Waals surface area contributed by atoms with Gasteiger partial charge in [0.2, 0.25) is 0 Å².